The molecule has 0 saturated carbocycles. The largest absolute Gasteiger partial charge is 0.495 e. The van der Waals surface area contributed by atoms with E-state index in [4.69, 9.17) is 37.0 Å². The van der Waals surface area contributed by atoms with Crippen LogP contribution in [0.2, 0.25) is 10.0 Å². The van der Waals surface area contributed by atoms with Crippen LogP contribution in [-0.2, 0) is 19.8 Å². The normalized spacial score (nSPS) is 23.1. The van der Waals surface area contributed by atoms with Gasteiger partial charge in [-0.05, 0) is 43.7 Å². The second-order valence-electron chi connectivity index (χ2n) is 6.71. The Kier molecular flexibility index (Phi) is 6.94. The van der Waals surface area contributed by atoms with Crippen molar-refractivity contribution in [3.05, 3.63) is 57.6 Å². The maximum atomic E-state index is 13.7. The lowest BCUT2D eigenvalue weighted by atomic mass is 10.1. The zero-order valence-corrected chi connectivity index (χ0v) is 18.4. The highest BCUT2D eigenvalue weighted by Crippen LogP contribution is 2.65. The standard InChI is InChI=1S/C19H19Cl2F3NO4P/c1-11-6-7-28-30(26,29-11)18(15-9-13(20)10-16(21)17(15)27-2)25-14-5-3-4-12(8-14)19(22,23)24/h3-5,8-11,18,25H,6-7H2,1-2H3. The van der Waals surface area contributed by atoms with Gasteiger partial charge in [-0.25, -0.2) is 0 Å². The first-order chi connectivity index (χ1) is 14.0. The summed E-state index contributed by atoms with van der Waals surface area (Å²) in [5.41, 5.74) is -0.557. The number of benzene rings is 2. The monoisotopic (exact) mass is 483 g/mol. The molecule has 3 unspecified atom stereocenters. The van der Waals surface area contributed by atoms with Gasteiger partial charge in [0.15, 0.2) is 5.78 Å². The molecular weight excluding hydrogens is 465 g/mol. The van der Waals surface area contributed by atoms with Crippen LogP contribution in [0.15, 0.2) is 36.4 Å². The Balaban J connectivity index is 2.12. The number of halogens is 5. The van der Waals surface area contributed by atoms with Gasteiger partial charge in [0.1, 0.15) is 5.75 Å². The summed E-state index contributed by atoms with van der Waals surface area (Å²) < 4.78 is 69.6. The van der Waals surface area contributed by atoms with E-state index in [1.54, 1.807) is 6.92 Å². The Morgan fingerprint density at radius 2 is 2.00 bits per heavy atom. The topological polar surface area (TPSA) is 56.8 Å². The molecule has 1 aliphatic rings. The van der Waals surface area contributed by atoms with Gasteiger partial charge >= 0.3 is 13.8 Å². The smallest absolute Gasteiger partial charge is 0.416 e. The molecule has 1 saturated heterocycles. The predicted octanol–water partition coefficient (Wildman–Crippen LogP) is 7.15. The van der Waals surface area contributed by atoms with E-state index < -0.39 is 25.1 Å². The second kappa shape index (κ2) is 8.97. The quantitative estimate of drug-likeness (QED) is 0.457. The summed E-state index contributed by atoms with van der Waals surface area (Å²) in [5, 5.41) is 3.23. The molecule has 0 bridgehead atoms. The third-order valence-electron chi connectivity index (χ3n) is 4.47. The molecule has 2 aromatic carbocycles. The molecule has 1 aliphatic heterocycles. The van der Waals surface area contributed by atoms with E-state index in [0.717, 1.165) is 12.1 Å². The van der Waals surface area contributed by atoms with E-state index in [1.165, 1.54) is 31.4 Å². The Bertz CT molecular complexity index is 973. The number of ether oxygens (including phenoxy) is 1. The average Bonchev–Trinajstić information content (AvgIpc) is 2.65. The second-order valence-corrected chi connectivity index (χ2v) is 9.62. The van der Waals surface area contributed by atoms with Gasteiger partial charge in [0.05, 0.1) is 30.4 Å². The van der Waals surface area contributed by atoms with E-state index in [0.29, 0.717) is 6.42 Å². The number of hydrogen-bond donors (Lipinski definition) is 1. The highest BCUT2D eigenvalue weighted by Gasteiger charge is 2.43. The summed E-state index contributed by atoms with van der Waals surface area (Å²) in [7, 11) is -2.53. The molecule has 0 aromatic heterocycles. The van der Waals surface area contributed by atoms with Crippen molar-refractivity contribution in [3.8, 4) is 5.75 Å². The Hall–Kier alpha value is -1.44. The minimum absolute atomic E-state index is 0.0635. The molecule has 2 aromatic rings. The maximum Gasteiger partial charge on any atom is 0.416 e. The van der Waals surface area contributed by atoms with Crippen molar-refractivity contribution >= 4 is 36.5 Å². The summed E-state index contributed by atoms with van der Waals surface area (Å²) in [4.78, 5) is 0. The van der Waals surface area contributed by atoms with Crippen LogP contribution in [0.5, 0.6) is 5.75 Å². The number of rotatable bonds is 5. The lowest BCUT2D eigenvalue weighted by molar-refractivity contribution is -0.137. The molecular formula is C19H19Cl2F3NO4P. The molecule has 30 heavy (non-hydrogen) atoms. The SMILES string of the molecule is COc1c(Cl)cc(Cl)cc1C(Nc1cccc(C(F)(F)F)c1)P1(=O)OCCC(C)O1. The van der Waals surface area contributed by atoms with Gasteiger partial charge in [0.2, 0.25) is 0 Å². The Labute approximate surface area is 181 Å². The van der Waals surface area contributed by atoms with Crippen LogP contribution >= 0.6 is 30.8 Å². The van der Waals surface area contributed by atoms with Crippen LogP contribution in [0, 0.1) is 0 Å². The molecule has 0 radical (unpaired) electrons. The van der Waals surface area contributed by atoms with E-state index in [-0.39, 0.29) is 39.8 Å². The third kappa shape index (κ3) is 5.06. The van der Waals surface area contributed by atoms with Gasteiger partial charge in [-0.3, -0.25) is 4.57 Å². The fraction of sp³-hybridized carbons (Fsp3) is 0.368. The molecule has 1 heterocycles. The van der Waals surface area contributed by atoms with Gasteiger partial charge in [-0.1, -0.05) is 29.3 Å². The highest BCUT2D eigenvalue weighted by atomic mass is 35.5. The van der Waals surface area contributed by atoms with Crippen molar-refractivity contribution in [1.29, 1.82) is 0 Å². The summed E-state index contributed by atoms with van der Waals surface area (Å²) in [6, 6.07) is 7.41. The number of alkyl halides is 3. The molecule has 164 valence electrons. The first-order valence-electron chi connectivity index (χ1n) is 8.93. The maximum absolute atomic E-state index is 13.7. The van der Waals surface area contributed by atoms with Crippen molar-refractivity contribution in [2.45, 2.75) is 31.4 Å². The minimum atomic E-state index is -4.54. The first kappa shape index (κ1) is 23.2. The Morgan fingerprint density at radius 1 is 1.27 bits per heavy atom. The number of nitrogens with one attached hydrogen (secondary N) is 1. The highest BCUT2D eigenvalue weighted by molar-refractivity contribution is 7.54. The van der Waals surface area contributed by atoms with E-state index in [9.17, 15) is 17.7 Å². The number of anilines is 1. The Morgan fingerprint density at radius 3 is 2.63 bits per heavy atom. The van der Waals surface area contributed by atoms with Crippen molar-refractivity contribution in [3.63, 3.8) is 0 Å². The van der Waals surface area contributed by atoms with Crippen LogP contribution < -0.4 is 10.1 Å². The van der Waals surface area contributed by atoms with Gasteiger partial charge < -0.3 is 19.1 Å². The zero-order valence-electron chi connectivity index (χ0n) is 16.0. The lowest BCUT2D eigenvalue weighted by Gasteiger charge is -2.34. The van der Waals surface area contributed by atoms with Crippen molar-refractivity contribution in [2.24, 2.45) is 0 Å². The van der Waals surface area contributed by atoms with Crippen LogP contribution in [0.3, 0.4) is 0 Å². The molecule has 1 fully saturated rings. The van der Waals surface area contributed by atoms with E-state index >= 15 is 0 Å². The average molecular weight is 484 g/mol. The van der Waals surface area contributed by atoms with Crippen LogP contribution in [-0.4, -0.2) is 19.8 Å². The molecule has 1 N–H and O–H groups in total. The molecule has 0 amide bonds. The van der Waals surface area contributed by atoms with Crippen LogP contribution in [0.1, 0.15) is 30.3 Å². The molecule has 3 atom stereocenters. The van der Waals surface area contributed by atoms with Crippen LogP contribution in [0.25, 0.3) is 0 Å². The molecule has 0 spiro atoms. The van der Waals surface area contributed by atoms with E-state index in [2.05, 4.69) is 5.32 Å². The van der Waals surface area contributed by atoms with Gasteiger partial charge in [-0.15, -0.1) is 0 Å². The third-order valence-corrected chi connectivity index (χ3v) is 7.20. The first-order valence-corrected chi connectivity index (χ1v) is 11.3. The summed E-state index contributed by atoms with van der Waals surface area (Å²) >= 11 is 12.4. The van der Waals surface area contributed by atoms with Gasteiger partial charge in [-0.2, -0.15) is 13.2 Å². The van der Waals surface area contributed by atoms with Crippen molar-refractivity contribution in [2.75, 3.05) is 19.0 Å². The fourth-order valence-electron chi connectivity index (χ4n) is 3.08. The van der Waals surface area contributed by atoms with Crippen LogP contribution in [0.4, 0.5) is 18.9 Å². The number of hydrogen-bond acceptors (Lipinski definition) is 5. The van der Waals surface area contributed by atoms with E-state index in [1.807, 2.05) is 0 Å². The molecule has 0 aliphatic carbocycles. The zero-order chi connectivity index (χ0) is 22.1. The van der Waals surface area contributed by atoms with Crippen molar-refractivity contribution < 1.29 is 31.5 Å². The fourth-order valence-corrected chi connectivity index (χ4v) is 5.81. The molecule has 5 nitrogen and oxygen atoms in total. The summed E-state index contributed by atoms with van der Waals surface area (Å²) in [6.07, 6.45) is -4.40. The predicted molar refractivity (Wildman–Crippen MR) is 110 cm³/mol. The molecule has 3 rings (SSSR count). The summed E-state index contributed by atoms with van der Waals surface area (Å²) in [6.45, 7) is 1.90. The van der Waals surface area contributed by atoms with Gasteiger partial charge in [0, 0.05) is 16.3 Å². The molecule has 11 heteroatoms. The minimum Gasteiger partial charge on any atom is -0.495 e. The summed E-state index contributed by atoms with van der Waals surface area (Å²) in [5.74, 6) is -1.05. The van der Waals surface area contributed by atoms with Gasteiger partial charge in [0.25, 0.3) is 0 Å². The lowest BCUT2D eigenvalue weighted by Crippen LogP contribution is -2.24. The number of methoxy groups -OCH3 is 1. The van der Waals surface area contributed by atoms with Crippen molar-refractivity contribution in [1.82, 2.24) is 0 Å².